The lowest BCUT2D eigenvalue weighted by Crippen LogP contribution is -2.43. The number of halogens is 3. The zero-order chi connectivity index (χ0) is 20.6. The summed E-state index contributed by atoms with van der Waals surface area (Å²) in [7, 11) is 1.97. The predicted octanol–water partition coefficient (Wildman–Crippen LogP) is 4.24. The van der Waals surface area contributed by atoms with E-state index < -0.39 is 17.2 Å². The van der Waals surface area contributed by atoms with Crippen molar-refractivity contribution in [3.63, 3.8) is 0 Å². The fraction of sp³-hybridized carbons (Fsp3) is 0.500. The van der Waals surface area contributed by atoms with E-state index in [0.29, 0.717) is 18.9 Å². The molecule has 2 aromatic rings. The first-order valence-electron chi connectivity index (χ1n) is 9.38. The van der Waals surface area contributed by atoms with Crippen LogP contribution in [-0.4, -0.2) is 39.5 Å². The summed E-state index contributed by atoms with van der Waals surface area (Å²) < 4.78 is 30.0. The van der Waals surface area contributed by atoms with Crippen molar-refractivity contribution in [1.29, 1.82) is 0 Å². The fourth-order valence-electron chi connectivity index (χ4n) is 3.26. The number of carbonyl (C=O) groups excluding carboxylic acids is 1. The molecule has 152 valence electrons. The lowest BCUT2D eigenvalue weighted by Gasteiger charge is -2.24. The Kier molecular flexibility index (Phi) is 5.77. The van der Waals surface area contributed by atoms with Gasteiger partial charge >= 0.3 is 0 Å². The van der Waals surface area contributed by atoms with Gasteiger partial charge in [0.25, 0.3) is 5.91 Å². The summed E-state index contributed by atoms with van der Waals surface area (Å²) >= 11 is 5.88. The minimum absolute atomic E-state index is 0.0889. The molecule has 0 unspecified atom stereocenters. The van der Waals surface area contributed by atoms with Crippen LogP contribution in [0.3, 0.4) is 0 Å². The molecular weight excluding hydrogens is 386 g/mol. The van der Waals surface area contributed by atoms with Gasteiger partial charge in [-0.3, -0.25) is 4.79 Å². The van der Waals surface area contributed by atoms with E-state index >= 15 is 0 Å². The number of fused-ring (bicyclic) bond motifs is 1. The van der Waals surface area contributed by atoms with Crippen LogP contribution in [0.5, 0.6) is 0 Å². The van der Waals surface area contributed by atoms with Crippen molar-refractivity contribution in [3.8, 4) is 11.4 Å². The summed E-state index contributed by atoms with van der Waals surface area (Å²) in [6.45, 7) is 7.80. The highest BCUT2D eigenvalue weighted by Gasteiger charge is 2.29. The first kappa shape index (κ1) is 20.7. The van der Waals surface area contributed by atoms with E-state index in [1.54, 1.807) is 0 Å². The third kappa shape index (κ3) is 4.05. The van der Waals surface area contributed by atoms with Gasteiger partial charge in [-0.2, -0.15) is 0 Å². The van der Waals surface area contributed by atoms with Crippen LogP contribution in [0.4, 0.5) is 8.78 Å². The van der Waals surface area contributed by atoms with Gasteiger partial charge in [-0.05, 0) is 46.3 Å². The largest absolute Gasteiger partial charge is 0.346 e. The molecule has 0 spiro atoms. The molecule has 1 amide bonds. The quantitative estimate of drug-likeness (QED) is 0.767. The van der Waals surface area contributed by atoms with Gasteiger partial charge in [0.15, 0.2) is 5.69 Å². The minimum atomic E-state index is -0.826. The number of aromatic nitrogens is 2. The summed E-state index contributed by atoms with van der Waals surface area (Å²) in [4.78, 5) is 19.6. The normalized spacial score (nSPS) is 15.2. The van der Waals surface area contributed by atoms with Crippen molar-refractivity contribution in [2.45, 2.75) is 52.2 Å². The number of hydrogen-bond donors (Lipinski definition) is 1. The maximum atomic E-state index is 14.5. The number of benzene rings is 1. The van der Waals surface area contributed by atoms with E-state index in [1.807, 2.05) is 32.4 Å². The average molecular weight is 411 g/mol. The molecule has 1 aromatic carbocycles. The Morgan fingerprint density at radius 2 is 2.00 bits per heavy atom. The van der Waals surface area contributed by atoms with Gasteiger partial charge in [0.2, 0.25) is 0 Å². The molecule has 0 saturated heterocycles. The number of carbonyl (C=O) groups is 1. The van der Waals surface area contributed by atoms with Gasteiger partial charge < -0.3 is 14.8 Å². The molecule has 0 atom stereocenters. The van der Waals surface area contributed by atoms with Crippen LogP contribution in [0.15, 0.2) is 12.1 Å². The van der Waals surface area contributed by atoms with Crippen molar-refractivity contribution in [1.82, 2.24) is 19.8 Å². The zero-order valence-corrected chi connectivity index (χ0v) is 17.3. The molecule has 8 heteroatoms. The summed E-state index contributed by atoms with van der Waals surface area (Å²) in [6, 6.07) is 1.98. The Morgan fingerprint density at radius 3 is 2.68 bits per heavy atom. The van der Waals surface area contributed by atoms with Crippen LogP contribution in [0.1, 0.15) is 49.8 Å². The second-order valence-corrected chi connectivity index (χ2v) is 8.32. The van der Waals surface area contributed by atoms with E-state index in [-0.39, 0.29) is 22.2 Å². The van der Waals surface area contributed by atoms with Crippen LogP contribution in [0.25, 0.3) is 11.4 Å². The molecule has 0 fully saturated rings. The first-order valence-corrected chi connectivity index (χ1v) is 9.76. The van der Waals surface area contributed by atoms with Crippen molar-refractivity contribution in [3.05, 3.63) is 40.2 Å². The van der Waals surface area contributed by atoms with Crippen LogP contribution in [0, 0.1) is 11.6 Å². The number of nitrogens with one attached hydrogen (secondary N) is 1. The number of nitrogens with zero attached hydrogens (tertiary/aromatic N) is 3. The van der Waals surface area contributed by atoms with E-state index in [2.05, 4.69) is 15.2 Å². The molecule has 0 aliphatic carbocycles. The number of hydrogen-bond acceptors (Lipinski definition) is 3. The van der Waals surface area contributed by atoms with E-state index in [9.17, 15) is 13.6 Å². The Bertz CT molecular complexity index is 910. The highest BCUT2D eigenvalue weighted by Crippen LogP contribution is 2.31. The monoisotopic (exact) mass is 410 g/mol. The highest BCUT2D eigenvalue weighted by molar-refractivity contribution is 6.31. The summed E-state index contributed by atoms with van der Waals surface area (Å²) in [5.74, 6) is -1.59. The van der Waals surface area contributed by atoms with Crippen LogP contribution in [-0.2, 0) is 13.1 Å². The maximum absolute atomic E-state index is 14.5. The van der Waals surface area contributed by atoms with Crippen molar-refractivity contribution >= 4 is 17.5 Å². The van der Waals surface area contributed by atoms with E-state index in [4.69, 9.17) is 11.6 Å². The minimum Gasteiger partial charge on any atom is -0.346 e. The van der Waals surface area contributed by atoms with Crippen LogP contribution >= 0.6 is 11.6 Å². The second kappa shape index (κ2) is 7.79. The topological polar surface area (TPSA) is 50.2 Å². The van der Waals surface area contributed by atoms with Gasteiger partial charge in [-0.15, -0.1) is 0 Å². The molecule has 0 bridgehead atoms. The molecular formula is C20H25ClF2N4O. The summed E-state index contributed by atoms with van der Waals surface area (Å²) in [5.41, 5.74) is 0.685. The van der Waals surface area contributed by atoms with Gasteiger partial charge in [0, 0.05) is 24.7 Å². The Balaban J connectivity index is 2.15. The predicted molar refractivity (Wildman–Crippen MR) is 105 cm³/mol. The standard InChI is InChI=1S/C20H25ClF2N4O/c1-5-20(2,3)25-19(28)17-16-11-26(4)7-6-8-27(16)18(24-17)12-9-13(21)15(23)10-14(12)22/h9-10H,5-8,11H2,1-4H3,(H,25,28). The van der Waals surface area contributed by atoms with Crippen molar-refractivity contribution in [2.24, 2.45) is 0 Å². The van der Waals surface area contributed by atoms with Gasteiger partial charge in [0.1, 0.15) is 17.5 Å². The summed E-state index contributed by atoms with van der Waals surface area (Å²) in [5, 5.41) is 2.81. The van der Waals surface area contributed by atoms with Gasteiger partial charge in [-0.1, -0.05) is 18.5 Å². The highest BCUT2D eigenvalue weighted by atomic mass is 35.5. The molecule has 2 heterocycles. The molecule has 3 rings (SSSR count). The smallest absolute Gasteiger partial charge is 0.272 e. The number of amides is 1. The van der Waals surface area contributed by atoms with Crippen molar-refractivity contribution in [2.75, 3.05) is 13.6 Å². The van der Waals surface area contributed by atoms with Crippen molar-refractivity contribution < 1.29 is 13.6 Å². The first-order chi connectivity index (χ1) is 13.1. The molecule has 1 N–H and O–H groups in total. The summed E-state index contributed by atoms with van der Waals surface area (Å²) in [6.07, 6.45) is 1.58. The molecule has 1 aliphatic rings. The third-order valence-electron chi connectivity index (χ3n) is 5.22. The average Bonchev–Trinajstić information content (AvgIpc) is 2.84. The second-order valence-electron chi connectivity index (χ2n) is 7.91. The number of rotatable bonds is 4. The Morgan fingerprint density at radius 1 is 1.29 bits per heavy atom. The lowest BCUT2D eigenvalue weighted by molar-refractivity contribution is 0.0904. The molecule has 1 aromatic heterocycles. The fourth-order valence-corrected chi connectivity index (χ4v) is 3.42. The van der Waals surface area contributed by atoms with Crippen LogP contribution in [0.2, 0.25) is 5.02 Å². The number of imidazole rings is 1. The Hall–Kier alpha value is -1.99. The van der Waals surface area contributed by atoms with Crippen LogP contribution < -0.4 is 5.32 Å². The SMILES string of the molecule is CCC(C)(C)NC(=O)c1nc(-c2cc(Cl)c(F)cc2F)n2c1CN(C)CCC2. The molecule has 0 saturated carbocycles. The van der Waals surface area contributed by atoms with E-state index in [0.717, 1.165) is 31.1 Å². The zero-order valence-electron chi connectivity index (χ0n) is 16.6. The van der Waals surface area contributed by atoms with E-state index in [1.165, 1.54) is 6.07 Å². The molecule has 5 nitrogen and oxygen atoms in total. The maximum Gasteiger partial charge on any atom is 0.272 e. The van der Waals surface area contributed by atoms with Gasteiger partial charge in [0.05, 0.1) is 16.3 Å². The molecule has 0 radical (unpaired) electrons. The lowest BCUT2D eigenvalue weighted by atomic mass is 10.0. The molecule has 1 aliphatic heterocycles. The van der Waals surface area contributed by atoms with Gasteiger partial charge in [-0.25, -0.2) is 13.8 Å². The molecule has 28 heavy (non-hydrogen) atoms. The third-order valence-corrected chi connectivity index (χ3v) is 5.51. The Labute approximate surface area is 168 Å².